The van der Waals surface area contributed by atoms with Crippen LogP contribution in [0.25, 0.3) is 16.4 Å². The van der Waals surface area contributed by atoms with Gasteiger partial charge in [-0.2, -0.15) is 5.10 Å². The van der Waals surface area contributed by atoms with Crippen molar-refractivity contribution in [1.29, 1.82) is 0 Å². The van der Waals surface area contributed by atoms with E-state index in [1.165, 1.54) is 0 Å². The zero-order valence-electron chi connectivity index (χ0n) is 9.65. The molecule has 0 saturated carbocycles. The maximum Gasteiger partial charge on any atom is 0.153 e. The number of carbonyl (C=O) groups is 1. The van der Waals surface area contributed by atoms with Crippen LogP contribution in [0.15, 0.2) is 46.5 Å². The number of aldehydes is 1. The largest absolute Gasteiger partial charge is 0.298 e. The summed E-state index contributed by atoms with van der Waals surface area (Å²) in [7, 11) is 0. The first-order valence-corrected chi connectivity index (χ1v) is 7.16. The Labute approximate surface area is 121 Å². The summed E-state index contributed by atoms with van der Waals surface area (Å²) < 4.78 is 2.52. The average Bonchev–Trinajstić information content (AvgIpc) is 3.08. The van der Waals surface area contributed by atoms with Crippen LogP contribution in [0.5, 0.6) is 0 Å². The van der Waals surface area contributed by atoms with Gasteiger partial charge in [-0.3, -0.25) is 4.79 Å². The number of rotatable bonds is 3. The zero-order chi connectivity index (χ0) is 13.2. The summed E-state index contributed by atoms with van der Waals surface area (Å²) in [5.41, 5.74) is 1.25. The number of hydrogen-bond acceptors (Lipinski definition) is 4. The van der Waals surface area contributed by atoms with Crippen LogP contribution in [-0.4, -0.2) is 21.1 Å². The van der Waals surface area contributed by atoms with Crippen molar-refractivity contribution in [2.45, 2.75) is 0 Å². The number of nitrogens with zero attached hydrogens (tertiary/aromatic N) is 3. The molecular weight excluding hydrogens is 326 g/mol. The molecule has 0 saturated heterocycles. The molecule has 0 spiro atoms. The number of pyridine rings is 1. The van der Waals surface area contributed by atoms with Crippen molar-refractivity contribution in [3.63, 3.8) is 0 Å². The van der Waals surface area contributed by atoms with Gasteiger partial charge < -0.3 is 0 Å². The molecule has 0 aliphatic heterocycles. The molecule has 19 heavy (non-hydrogen) atoms. The van der Waals surface area contributed by atoms with Crippen molar-refractivity contribution in [3.8, 4) is 16.4 Å². The molecule has 0 radical (unpaired) electrons. The minimum absolute atomic E-state index is 0.562. The van der Waals surface area contributed by atoms with Crippen molar-refractivity contribution in [3.05, 3.63) is 52.1 Å². The number of carbonyl (C=O) groups excluding carboxylic acids is 1. The van der Waals surface area contributed by atoms with Crippen molar-refractivity contribution >= 4 is 33.6 Å². The molecule has 0 fully saturated rings. The van der Waals surface area contributed by atoms with E-state index in [4.69, 9.17) is 0 Å². The van der Waals surface area contributed by atoms with Crippen LogP contribution in [0.3, 0.4) is 0 Å². The third-order valence-electron chi connectivity index (χ3n) is 2.57. The number of thiophene rings is 1. The van der Waals surface area contributed by atoms with Crippen LogP contribution < -0.4 is 0 Å². The van der Waals surface area contributed by atoms with Gasteiger partial charge >= 0.3 is 0 Å². The quantitative estimate of drug-likeness (QED) is 0.688. The smallest absolute Gasteiger partial charge is 0.153 e. The molecule has 0 aliphatic rings. The second-order valence-electron chi connectivity index (χ2n) is 3.81. The molecule has 0 atom stereocenters. The Kier molecular flexibility index (Phi) is 3.27. The highest BCUT2D eigenvalue weighted by atomic mass is 79.9. The molecule has 0 unspecified atom stereocenters. The molecule has 6 heteroatoms. The van der Waals surface area contributed by atoms with Gasteiger partial charge in [0.25, 0.3) is 0 Å². The third-order valence-corrected chi connectivity index (χ3v) is 3.92. The summed E-state index contributed by atoms with van der Waals surface area (Å²) in [6.45, 7) is 0. The highest BCUT2D eigenvalue weighted by molar-refractivity contribution is 9.10. The summed E-state index contributed by atoms with van der Waals surface area (Å²) >= 11 is 4.89. The minimum Gasteiger partial charge on any atom is -0.298 e. The molecule has 0 aliphatic carbocycles. The lowest BCUT2D eigenvalue weighted by atomic mass is 10.2. The molecule has 4 nitrogen and oxygen atoms in total. The highest BCUT2D eigenvalue weighted by Crippen LogP contribution is 2.26. The predicted molar refractivity (Wildman–Crippen MR) is 77.8 cm³/mol. The van der Waals surface area contributed by atoms with Crippen molar-refractivity contribution < 1.29 is 4.79 Å². The number of hydrogen-bond donors (Lipinski definition) is 0. The maximum absolute atomic E-state index is 11.1. The predicted octanol–water partition coefficient (Wildman–Crippen LogP) is 3.57. The molecule has 3 aromatic heterocycles. The fourth-order valence-corrected chi connectivity index (χ4v) is 2.66. The lowest BCUT2D eigenvalue weighted by Gasteiger charge is -1.99. The Hall–Kier alpha value is -1.79. The van der Waals surface area contributed by atoms with Gasteiger partial charge in [-0.05, 0) is 39.5 Å². The van der Waals surface area contributed by atoms with Crippen molar-refractivity contribution in [2.75, 3.05) is 0 Å². The molecule has 0 amide bonds. The van der Waals surface area contributed by atoms with E-state index in [2.05, 4.69) is 26.0 Å². The summed E-state index contributed by atoms with van der Waals surface area (Å²) in [6.07, 6.45) is 4.21. The summed E-state index contributed by atoms with van der Waals surface area (Å²) in [5, 5.41) is 6.40. The van der Waals surface area contributed by atoms with Crippen LogP contribution in [0.4, 0.5) is 0 Å². The van der Waals surface area contributed by atoms with Gasteiger partial charge in [0.1, 0.15) is 5.69 Å². The van der Waals surface area contributed by atoms with Gasteiger partial charge in [0.05, 0.1) is 10.4 Å². The lowest BCUT2D eigenvalue weighted by molar-refractivity contribution is 0.112. The van der Waals surface area contributed by atoms with Crippen molar-refractivity contribution in [2.24, 2.45) is 0 Å². The Morgan fingerprint density at radius 2 is 2.21 bits per heavy atom. The van der Waals surface area contributed by atoms with E-state index in [1.54, 1.807) is 28.4 Å². The van der Waals surface area contributed by atoms with E-state index in [1.807, 2.05) is 29.6 Å². The van der Waals surface area contributed by atoms with E-state index >= 15 is 0 Å². The van der Waals surface area contributed by atoms with Crippen LogP contribution in [0, 0.1) is 0 Å². The molecule has 0 N–H and O–H groups in total. The summed E-state index contributed by atoms with van der Waals surface area (Å²) in [5.74, 6) is 0.675. The molecule has 3 rings (SSSR count). The van der Waals surface area contributed by atoms with E-state index in [0.29, 0.717) is 17.1 Å². The fraction of sp³-hybridized carbons (Fsp3) is 0. The first kappa shape index (κ1) is 12.3. The first-order valence-electron chi connectivity index (χ1n) is 5.48. The Bertz CT molecular complexity index is 704. The van der Waals surface area contributed by atoms with Gasteiger partial charge in [-0.25, -0.2) is 9.67 Å². The van der Waals surface area contributed by atoms with Crippen LogP contribution in [0.2, 0.25) is 0 Å². The number of aromatic nitrogens is 3. The minimum atomic E-state index is 0.562. The highest BCUT2D eigenvalue weighted by Gasteiger charge is 2.12. The van der Waals surface area contributed by atoms with Gasteiger partial charge in [0, 0.05) is 16.9 Å². The summed E-state index contributed by atoms with van der Waals surface area (Å²) in [4.78, 5) is 16.4. The van der Waals surface area contributed by atoms with Crippen molar-refractivity contribution in [1.82, 2.24) is 14.8 Å². The van der Waals surface area contributed by atoms with E-state index < -0.39 is 0 Å². The molecule has 0 aromatic carbocycles. The van der Waals surface area contributed by atoms with Crippen LogP contribution >= 0.6 is 27.3 Å². The topological polar surface area (TPSA) is 47.8 Å². The van der Waals surface area contributed by atoms with E-state index in [9.17, 15) is 4.79 Å². The monoisotopic (exact) mass is 333 g/mol. The summed E-state index contributed by atoms with van der Waals surface area (Å²) in [6, 6.07) is 7.60. The van der Waals surface area contributed by atoms with Gasteiger partial charge in [-0.1, -0.05) is 6.07 Å². The second kappa shape index (κ2) is 5.07. The Morgan fingerprint density at radius 1 is 1.32 bits per heavy atom. The third kappa shape index (κ3) is 2.36. The molecule has 3 heterocycles. The van der Waals surface area contributed by atoms with Gasteiger partial charge in [-0.15, -0.1) is 11.3 Å². The molecule has 3 aromatic rings. The standard InChI is InChI=1S/C13H8BrN3OS/c14-10-3-4-12(15-6-10)17-7-9(8-18)13(16-17)11-2-1-5-19-11/h1-8H. The zero-order valence-corrected chi connectivity index (χ0v) is 12.1. The van der Waals surface area contributed by atoms with E-state index in [0.717, 1.165) is 15.6 Å². The number of halogens is 1. The second-order valence-corrected chi connectivity index (χ2v) is 5.67. The Morgan fingerprint density at radius 3 is 2.84 bits per heavy atom. The van der Waals surface area contributed by atoms with Crippen LogP contribution in [0.1, 0.15) is 10.4 Å². The fourth-order valence-electron chi connectivity index (χ4n) is 1.70. The van der Waals surface area contributed by atoms with Gasteiger partial charge in [0.2, 0.25) is 0 Å². The van der Waals surface area contributed by atoms with E-state index in [-0.39, 0.29) is 0 Å². The maximum atomic E-state index is 11.1. The SMILES string of the molecule is O=Cc1cn(-c2ccc(Br)cn2)nc1-c1cccs1. The lowest BCUT2D eigenvalue weighted by Crippen LogP contribution is -1.97. The first-order chi connectivity index (χ1) is 9.28. The molecular formula is C13H8BrN3OS. The van der Waals surface area contributed by atoms with Gasteiger partial charge in [0.15, 0.2) is 12.1 Å². The van der Waals surface area contributed by atoms with Crippen LogP contribution in [-0.2, 0) is 0 Å². The molecule has 94 valence electrons. The average molecular weight is 334 g/mol. The molecule has 0 bridgehead atoms. The Balaban J connectivity index is 2.09. The normalized spacial score (nSPS) is 10.6.